The minimum atomic E-state index is -0.698. The van der Waals surface area contributed by atoms with E-state index in [1.54, 1.807) is 17.3 Å². The molecule has 1 saturated heterocycles. The average Bonchev–Trinajstić information content (AvgIpc) is 3.34. The van der Waals surface area contributed by atoms with Crippen LogP contribution < -0.4 is 10.6 Å². The highest BCUT2D eigenvalue weighted by Crippen LogP contribution is 2.62. The van der Waals surface area contributed by atoms with Gasteiger partial charge in [-0.15, -0.1) is 11.3 Å². The standard InChI is InChI=1S/C27H37N5O5S/c1-26-6-5-21(34)27(2,16-33)20(26)13-19-23(18(26)12-22(35)29-15-17-4-3-7-28-14-17)30-24(38-19)31-25(36)32-8-10-37-11-9-32/h3-4,7,14,18,20-21,33-34H,5-6,8-13,15-16H2,1-2H3,(H,29,35)(H,30,31,36). The summed E-state index contributed by atoms with van der Waals surface area (Å²) in [6.07, 6.45) is 4.95. The predicted octanol–water partition coefficient (Wildman–Crippen LogP) is 2.52. The number of anilines is 1. The van der Waals surface area contributed by atoms with Crippen LogP contribution in [0.2, 0.25) is 0 Å². The van der Waals surface area contributed by atoms with Crippen molar-refractivity contribution < 1.29 is 24.5 Å². The Morgan fingerprint density at radius 1 is 1.29 bits per heavy atom. The number of ether oxygens (including phenoxy) is 1. The first kappa shape index (κ1) is 27.0. The van der Waals surface area contributed by atoms with E-state index in [0.29, 0.717) is 50.8 Å². The summed E-state index contributed by atoms with van der Waals surface area (Å²) in [4.78, 5) is 37.8. The van der Waals surface area contributed by atoms with Crippen molar-refractivity contribution >= 4 is 28.4 Å². The van der Waals surface area contributed by atoms with Gasteiger partial charge >= 0.3 is 6.03 Å². The number of morpholine rings is 1. The van der Waals surface area contributed by atoms with E-state index in [-0.39, 0.29) is 42.2 Å². The van der Waals surface area contributed by atoms with Gasteiger partial charge in [0.25, 0.3) is 0 Å². The molecule has 0 radical (unpaired) electrons. The van der Waals surface area contributed by atoms with Crippen molar-refractivity contribution in [2.75, 3.05) is 38.2 Å². The first-order chi connectivity index (χ1) is 18.2. The third kappa shape index (κ3) is 5.04. The molecule has 1 aliphatic heterocycles. The number of carbonyl (C=O) groups is 2. The van der Waals surface area contributed by atoms with E-state index in [0.717, 1.165) is 22.6 Å². The SMILES string of the molecule is CC1(CO)C(O)CCC2(C)C(CC(=O)NCc3cccnc3)c3nc(NC(=O)N4CCOCC4)sc3CC12. The maximum absolute atomic E-state index is 13.3. The van der Waals surface area contributed by atoms with Crippen LogP contribution in [0.4, 0.5) is 9.93 Å². The zero-order valence-electron chi connectivity index (χ0n) is 22.0. The number of amides is 3. The van der Waals surface area contributed by atoms with Gasteiger partial charge in [-0.2, -0.15) is 0 Å². The van der Waals surface area contributed by atoms with Gasteiger partial charge in [0, 0.05) is 54.7 Å². The molecular weight excluding hydrogens is 506 g/mol. The molecule has 1 saturated carbocycles. The number of hydrogen-bond donors (Lipinski definition) is 4. The summed E-state index contributed by atoms with van der Waals surface area (Å²) in [6, 6.07) is 3.55. The fourth-order valence-electron chi connectivity index (χ4n) is 6.60. The fourth-order valence-corrected chi connectivity index (χ4v) is 7.66. The number of rotatable bonds is 6. The Hall–Kier alpha value is -2.60. The summed E-state index contributed by atoms with van der Waals surface area (Å²) >= 11 is 1.43. The quantitative estimate of drug-likeness (QED) is 0.439. The highest BCUT2D eigenvalue weighted by molar-refractivity contribution is 7.15. The molecule has 38 heavy (non-hydrogen) atoms. The van der Waals surface area contributed by atoms with Gasteiger partial charge in [-0.1, -0.05) is 19.9 Å². The first-order valence-corrected chi connectivity index (χ1v) is 14.1. The number of carbonyl (C=O) groups excluding carboxylic acids is 2. The molecule has 0 bridgehead atoms. The molecule has 4 N–H and O–H groups in total. The lowest BCUT2D eigenvalue weighted by molar-refractivity contribution is -0.144. The number of aromatic nitrogens is 2. The Morgan fingerprint density at radius 3 is 2.79 bits per heavy atom. The lowest BCUT2D eigenvalue weighted by Crippen LogP contribution is -2.57. The van der Waals surface area contributed by atoms with Gasteiger partial charge in [0.2, 0.25) is 5.91 Å². The molecule has 2 aliphatic carbocycles. The van der Waals surface area contributed by atoms with Crippen molar-refractivity contribution in [1.29, 1.82) is 0 Å². The van der Waals surface area contributed by atoms with Crippen molar-refractivity contribution in [2.45, 2.75) is 58.1 Å². The van der Waals surface area contributed by atoms with Crippen LogP contribution in [0.15, 0.2) is 24.5 Å². The topological polar surface area (TPSA) is 137 Å². The predicted molar refractivity (Wildman–Crippen MR) is 143 cm³/mol. The van der Waals surface area contributed by atoms with Crippen molar-refractivity contribution in [3.63, 3.8) is 0 Å². The molecule has 2 aromatic heterocycles. The van der Waals surface area contributed by atoms with Crippen LogP contribution in [0.5, 0.6) is 0 Å². The van der Waals surface area contributed by atoms with E-state index in [4.69, 9.17) is 9.72 Å². The molecule has 5 atom stereocenters. The molecule has 0 aromatic carbocycles. The van der Waals surface area contributed by atoms with Gasteiger partial charge in [0.15, 0.2) is 5.13 Å². The number of nitrogens with one attached hydrogen (secondary N) is 2. The van der Waals surface area contributed by atoms with E-state index >= 15 is 0 Å². The van der Waals surface area contributed by atoms with Crippen molar-refractivity contribution in [3.8, 4) is 0 Å². The van der Waals surface area contributed by atoms with Crippen LogP contribution in [0, 0.1) is 16.7 Å². The molecule has 3 amide bonds. The molecule has 5 rings (SSSR count). The minimum Gasteiger partial charge on any atom is -0.396 e. The Bertz CT molecular complexity index is 1160. The van der Waals surface area contributed by atoms with Crippen LogP contribution in [0.1, 0.15) is 55.2 Å². The second-order valence-electron chi connectivity index (χ2n) is 11.2. The summed E-state index contributed by atoms with van der Waals surface area (Å²) in [5.41, 5.74) is 0.717. The maximum Gasteiger partial charge on any atom is 0.323 e. The minimum absolute atomic E-state index is 0.0457. The highest BCUT2D eigenvalue weighted by atomic mass is 32.1. The number of fused-ring (bicyclic) bond motifs is 2. The van der Waals surface area contributed by atoms with E-state index in [9.17, 15) is 19.8 Å². The molecule has 0 spiro atoms. The molecule has 5 unspecified atom stereocenters. The van der Waals surface area contributed by atoms with E-state index < -0.39 is 11.5 Å². The summed E-state index contributed by atoms with van der Waals surface area (Å²) in [5, 5.41) is 27.9. The van der Waals surface area contributed by atoms with Crippen LogP contribution in [0.25, 0.3) is 0 Å². The number of thiazole rings is 1. The molecule has 2 fully saturated rings. The van der Waals surface area contributed by atoms with Crippen LogP contribution in [-0.2, 0) is 22.5 Å². The lowest BCUT2D eigenvalue weighted by atomic mass is 9.47. The summed E-state index contributed by atoms with van der Waals surface area (Å²) in [7, 11) is 0. The number of aliphatic hydroxyl groups is 2. The average molecular weight is 544 g/mol. The van der Waals surface area contributed by atoms with E-state index in [1.807, 2.05) is 19.1 Å². The molecular formula is C27H37N5O5S. The van der Waals surface area contributed by atoms with Crippen LogP contribution >= 0.6 is 11.3 Å². The number of pyridine rings is 1. The van der Waals surface area contributed by atoms with Crippen molar-refractivity contribution in [1.82, 2.24) is 20.2 Å². The van der Waals surface area contributed by atoms with Gasteiger partial charge in [-0.25, -0.2) is 9.78 Å². The van der Waals surface area contributed by atoms with Gasteiger partial charge in [-0.05, 0) is 42.2 Å². The fraction of sp³-hybridized carbons (Fsp3) is 0.630. The molecule has 3 aliphatic rings. The highest BCUT2D eigenvalue weighted by Gasteiger charge is 2.59. The zero-order chi connectivity index (χ0) is 26.9. The molecule has 11 heteroatoms. The number of hydrogen-bond acceptors (Lipinski definition) is 8. The smallest absolute Gasteiger partial charge is 0.323 e. The second-order valence-corrected chi connectivity index (χ2v) is 12.3. The molecule has 2 aromatic rings. The van der Waals surface area contributed by atoms with Gasteiger partial charge in [0.1, 0.15) is 0 Å². The van der Waals surface area contributed by atoms with Crippen LogP contribution in [0.3, 0.4) is 0 Å². The molecule has 3 heterocycles. The summed E-state index contributed by atoms with van der Waals surface area (Å²) in [5.74, 6) is -0.347. The Morgan fingerprint density at radius 2 is 2.08 bits per heavy atom. The third-order valence-corrected chi connectivity index (χ3v) is 10.0. The maximum atomic E-state index is 13.3. The largest absolute Gasteiger partial charge is 0.396 e. The first-order valence-electron chi connectivity index (χ1n) is 13.3. The Labute approximate surface area is 226 Å². The van der Waals surface area contributed by atoms with Gasteiger partial charge in [0.05, 0.1) is 31.6 Å². The van der Waals surface area contributed by atoms with E-state index in [2.05, 4.69) is 22.5 Å². The monoisotopic (exact) mass is 543 g/mol. The lowest BCUT2D eigenvalue weighted by Gasteiger charge is -2.58. The summed E-state index contributed by atoms with van der Waals surface area (Å²) < 4.78 is 5.35. The van der Waals surface area contributed by atoms with E-state index in [1.165, 1.54) is 11.3 Å². The van der Waals surface area contributed by atoms with Gasteiger partial charge in [-0.3, -0.25) is 15.1 Å². The second kappa shape index (κ2) is 10.9. The van der Waals surface area contributed by atoms with Crippen molar-refractivity contribution in [3.05, 3.63) is 40.7 Å². The number of urea groups is 1. The number of aliphatic hydroxyl groups excluding tert-OH is 2. The Balaban J connectivity index is 1.42. The number of nitrogens with zero attached hydrogens (tertiary/aromatic N) is 3. The molecule has 206 valence electrons. The Kier molecular flexibility index (Phi) is 7.72. The van der Waals surface area contributed by atoms with Crippen molar-refractivity contribution in [2.24, 2.45) is 16.7 Å². The normalized spacial score (nSPS) is 30.7. The zero-order valence-corrected chi connectivity index (χ0v) is 22.8. The third-order valence-electron chi connectivity index (χ3n) is 9.01. The van der Waals surface area contributed by atoms with Crippen LogP contribution in [-0.4, -0.2) is 76.0 Å². The van der Waals surface area contributed by atoms with Gasteiger partial charge < -0.3 is 25.2 Å². The summed E-state index contributed by atoms with van der Waals surface area (Å²) in [6.45, 7) is 6.46. The molecule has 10 nitrogen and oxygen atoms in total.